The third-order valence-electron chi connectivity index (χ3n) is 3.21. The van der Waals surface area contributed by atoms with E-state index in [0.29, 0.717) is 11.8 Å². The van der Waals surface area contributed by atoms with Crippen molar-refractivity contribution in [2.75, 3.05) is 6.61 Å². The van der Waals surface area contributed by atoms with Crippen LogP contribution < -0.4 is 0 Å². The number of hydrogen-bond acceptors (Lipinski definition) is 3. The van der Waals surface area contributed by atoms with Crippen LogP contribution in [0.15, 0.2) is 0 Å². The van der Waals surface area contributed by atoms with Crippen molar-refractivity contribution in [2.24, 2.45) is 11.8 Å². The average Bonchev–Trinajstić information content (AvgIpc) is 2.67. The molecule has 0 aromatic rings. The van der Waals surface area contributed by atoms with Gasteiger partial charge < -0.3 is 4.74 Å². The number of cyclic esters (lactones) is 1. The minimum atomic E-state index is -5.86. The Labute approximate surface area is 111 Å². The fourth-order valence-corrected chi connectivity index (χ4v) is 1.79. The first kappa shape index (κ1) is 16.6. The Morgan fingerprint density at radius 1 is 1.25 bits per heavy atom. The second-order valence-corrected chi connectivity index (χ2v) is 4.94. The van der Waals surface area contributed by atoms with E-state index in [1.165, 1.54) is 0 Å². The van der Waals surface area contributed by atoms with Gasteiger partial charge in [0.1, 0.15) is 12.5 Å². The van der Waals surface area contributed by atoms with Crippen LogP contribution in [0.5, 0.6) is 0 Å². The van der Waals surface area contributed by atoms with Crippen LogP contribution in [0.3, 0.4) is 0 Å². The summed E-state index contributed by atoms with van der Waals surface area (Å²) in [5, 5.41) is 0. The van der Waals surface area contributed by atoms with E-state index in [9.17, 15) is 31.5 Å². The van der Waals surface area contributed by atoms with Gasteiger partial charge in [-0.25, -0.2) is 9.69 Å². The highest BCUT2D eigenvalue weighted by Gasteiger charge is 2.64. The topological polar surface area (TPSA) is 46.6 Å². The van der Waals surface area contributed by atoms with Crippen molar-refractivity contribution in [3.63, 3.8) is 0 Å². The maximum Gasteiger partial charge on any atom is 0.454 e. The maximum absolute atomic E-state index is 13.2. The van der Waals surface area contributed by atoms with Crippen molar-refractivity contribution in [3.8, 4) is 0 Å². The van der Waals surface area contributed by atoms with Gasteiger partial charge in [0, 0.05) is 0 Å². The van der Waals surface area contributed by atoms with Gasteiger partial charge in [-0.15, -0.1) is 0 Å². The molecule has 4 nitrogen and oxygen atoms in total. The molecule has 0 radical (unpaired) electrons. The molecule has 0 unspecified atom stereocenters. The van der Waals surface area contributed by atoms with Gasteiger partial charge in [-0.3, -0.25) is 4.79 Å². The van der Waals surface area contributed by atoms with Gasteiger partial charge in [-0.2, -0.15) is 22.0 Å². The smallest absolute Gasteiger partial charge is 0.447 e. The second kappa shape index (κ2) is 5.17. The molecule has 0 bridgehead atoms. The SMILES string of the molecule is CC(C)[C@H]1COC(=O)N1C(=O)[C@@H](C)C(F)(F)C(F)(F)F. The summed E-state index contributed by atoms with van der Waals surface area (Å²) in [6.45, 7) is 3.42. The Morgan fingerprint density at radius 2 is 1.75 bits per heavy atom. The third-order valence-corrected chi connectivity index (χ3v) is 3.21. The molecule has 0 aromatic carbocycles. The van der Waals surface area contributed by atoms with Gasteiger partial charge >= 0.3 is 18.2 Å². The molecule has 1 heterocycles. The van der Waals surface area contributed by atoms with Crippen molar-refractivity contribution in [2.45, 2.75) is 38.9 Å². The van der Waals surface area contributed by atoms with Gasteiger partial charge in [-0.1, -0.05) is 13.8 Å². The zero-order valence-corrected chi connectivity index (χ0v) is 11.0. The minimum Gasteiger partial charge on any atom is -0.447 e. The molecule has 1 aliphatic rings. The van der Waals surface area contributed by atoms with Crippen LogP contribution >= 0.6 is 0 Å². The third kappa shape index (κ3) is 2.71. The molecule has 9 heteroatoms. The molecule has 0 N–H and O–H groups in total. The Morgan fingerprint density at radius 3 is 2.15 bits per heavy atom. The van der Waals surface area contributed by atoms with Gasteiger partial charge in [0.2, 0.25) is 5.91 Å². The molecule has 20 heavy (non-hydrogen) atoms. The number of rotatable bonds is 3. The van der Waals surface area contributed by atoms with Gasteiger partial charge in [0.25, 0.3) is 0 Å². The minimum absolute atomic E-state index is 0.216. The fraction of sp³-hybridized carbons (Fsp3) is 0.818. The standard InChI is InChI=1S/C11H14F5NO3/c1-5(2)7-4-20-9(19)17(7)8(18)6(3)10(12,13)11(14,15)16/h5-7H,4H2,1-3H3/t6-,7-/m1/s1. The van der Waals surface area contributed by atoms with Crippen LogP contribution in [0, 0.1) is 11.8 Å². The summed E-state index contributed by atoms with van der Waals surface area (Å²) in [4.78, 5) is 23.5. The lowest BCUT2D eigenvalue weighted by atomic mass is 9.98. The van der Waals surface area contributed by atoms with Crippen LogP contribution in [0.4, 0.5) is 26.7 Å². The normalized spacial score (nSPS) is 22.1. The molecule has 116 valence electrons. The molecule has 1 rings (SSSR count). The van der Waals surface area contributed by atoms with Gasteiger partial charge in [0.15, 0.2) is 0 Å². The first-order valence-electron chi connectivity index (χ1n) is 5.85. The first-order valence-corrected chi connectivity index (χ1v) is 5.85. The summed E-state index contributed by atoms with van der Waals surface area (Å²) in [6.07, 6.45) is -7.06. The van der Waals surface area contributed by atoms with Gasteiger partial charge in [0.05, 0.1) is 6.04 Å². The summed E-state index contributed by atoms with van der Waals surface area (Å²) >= 11 is 0. The molecule has 2 amide bonds. The molecular formula is C11H14F5NO3. The molecule has 1 aliphatic heterocycles. The highest BCUT2D eigenvalue weighted by atomic mass is 19.4. The van der Waals surface area contributed by atoms with Crippen molar-refractivity contribution in [1.82, 2.24) is 4.90 Å². The van der Waals surface area contributed by atoms with Crippen LogP contribution in [0.1, 0.15) is 20.8 Å². The summed E-state index contributed by atoms with van der Waals surface area (Å²) in [5.74, 6) is -9.82. The summed E-state index contributed by atoms with van der Waals surface area (Å²) < 4.78 is 67.6. The molecular weight excluding hydrogens is 289 g/mol. The number of amides is 2. The van der Waals surface area contributed by atoms with Crippen molar-refractivity contribution in [3.05, 3.63) is 0 Å². The van der Waals surface area contributed by atoms with E-state index < -0.39 is 36.1 Å². The molecule has 1 saturated heterocycles. The monoisotopic (exact) mass is 303 g/mol. The highest BCUT2D eigenvalue weighted by Crippen LogP contribution is 2.42. The Bertz CT molecular complexity index is 407. The van der Waals surface area contributed by atoms with Gasteiger partial charge in [-0.05, 0) is 12.8 Å². The molecule has 1 fully saturated rings. The summed E-state index contributed by atoms with van der Waals surface area (Å²) in [6, 6.07) is -0.846. The zero-order valence-electron chi connectivity index (χ0n) is 11.0. The number of carbonyl (C=O) groups excluding carboxylic acids is 2. The van der Waals surface area contributed by atoms with E-state index in [1.807, 2.05) is 0 Å². The number of ether oxygens (including phenoxy) is 1. The summed E-state index contributed by atoms with van der Waals surface area (Å²) in [7, 11) is 0. The lowest BCUT2D eigenvalue weighted by molar-refractivity contribution is -0.297. The van der Waals surface area contributed by atoms with E-state index in [2.05, 4.69) is 4.74 Å². The quantitative estimate of drug-likeness (QED) is 0.753. The Kier molecular flexibility index (Phi) is 4.31. The predicted molar refractivity (Wildman–Crippen MR) is 57.0 cm³/mol. The Hall–Kier alpha value is -1.41. The van der Waals surface area contributed by atoms with E-state index >= 15 is 0 Å². The number of alkyl halides is 5. The number of nitrogens with zero attached hydrogens (tertiary/aromatic N) is 1. The fourth-order valence-electron chi connectivity index (χ4n) is 1.79. The molecule has 0 aliphatic carbocycles. The van der Waals surface area contributed by atoms with Crippen LogP contribution in [-0.2, 0) is 9.53 Å². The molecule has 2 atom stereocenters. The van der Waals surface area contributed by atoms with Crippen LogP contribution in [0.2, 0.25) is 0 Å². The summed E-state index contributed by atoms with van der Waals surface area (Å²) in [5.41, 5.74) is 0. The van der Waals surface area contributed by atoms with Crippen LogP contribution in [0.25, 0.3) is 0 Å². The van der Waals surface area contributed by atoms with E-state index in [1.54, 1.807) is 13.8 Å². The molecule has 0 aromatic heterocycles. The van der Waals surface area contributed by atoms with Crippen molar-refractivity contribution in [1.29, 1.82) is 0 Å². The lowest BCUT2D eigenvalue weighted by Gasteiger charge is -2.30. The number of hydrogen-bond donors (Lipinski definition) is 0. The predicted octanol–water partition coefficient (Wildman–Crippen LogP) is 2.82. The number of halogens is 5. The van der Waals surface area contributed by atoms with E-state index in [-0.39, 0.29) is 12.5 Å². The average molecular weight is 303 g/mol. The number of carbonyl (C=O) groups is 2. The molecule has 0 spiro atoms. The lowest BCUT2D eigenvalue weighted by Crippen LogP contribution is -2.52. The Balaban J connectivity index is 3.02. The largest absolute Gasteiger partial charge is 0.454 e. The first-order chi connectivity index (χ1) is 8.91. The van der Waals surface area contributed by atoms with Crippen LogP contribution in [-0.4, -0.2) is 41.6 Å². The van der Waals surface area contributed by atoms with E-state index in [0.717, 1.165) is 0 Å². The van der Waals surface area contributed by atoms with Crippen molar-refractivity contribution < 1.29 is 36.3 Å². The molecule has 0 saturated carbocycles. The van der Waals surface area contributed by atoms with E-state index in [4.69, 9.17) is 0 Å². The number of imide groups is 1. The van der Waals surface area contributed by atoms with Crippen molar-refractivity contribution >= 4 is 12.0 Å². The zero-order chi connectivity index (χ0) is 15.9. The highest BCUT2D eigenvalue weighted by molar-refractivity contribution is 5.95. The second-order valence-electron chi connectivity index (χ2n) is 4.94. The maximum atomic E-state index is 13.2.